The van der Waals surface area contributed by atoms with Crippen molar-refractivity contribution in [2.75, 3.05) is 27.2 Å². The Balaban J connectivity index is 2.62. The first-order chi connectivity index (χ1) is 8.54. The Morgan fingerprint density at radius 2 is 2.00 bits per heavy atom. The second-order valence-electron chi connectivity index (χ2n) is 4.00. The Labute approximate surface area is 106 Å². The summed E-state index contributed by atoms with van der Waals surface area (Å²) in [4.78, 5) is 24.1. The number of hydrogen-bond donors (Lipinski definition) is 1. The predicted molar refractivity (Wildman–Crippen MR) is 67.1 cm³/mol. The molecule has 0 unspecified atom stereocenters. The number of ketones is 1. The number of benzene rings is 1. The van der Waals surface area contributed by atoms with Crippen LogP contribution in [0.2, 0.25) is 0 Å². The first-order valence-corrected chi connectivity index (χ1v) is 5.61. The number of methoxy groups -OCH3 is 1. The zero-order chi connectivity index (χ0) is 13.5. The molecule has 1 rings (SSSR count). The molecule has 1 aromatic rings. The van der Waals surface area contributed by atoms with Crippen molar-refractivity contribution in [2.24, 2.45) is 0 Å². The minimum atomic E-state index is -0.869. The first kappa shape index (κ1) is 14.2. The summed E-state index contributed by atoms with van der Waals surface area (Å²) >= 11 is 0. The molecule has 0 saturated carbocycles. The number of para-hydroxylation sites is 1. The molecule has 0 amide bonds. The minimum absolute atomic E-state index is 0.0235. The van der Waals surface area contributed by atoms with Crippen molar-refractivity contribution in [2.45, 2.75) is 6.42 Å². The van der Waals surface area contributed by atoms with E-state index in [9.17, 15) is 9.59 Å². The van der Waals surface area contributed by atoms with Crippen LogP contribution in [0.4, 0.5) is 0 Å². The molecule has 0 bridgehead atoms. The molecular formula is C13H17NO4. The summed E-state index contributed by atoms with van der Waals surface area (Å²) < 4.78 is 5.11. The highest BCUT2D eigenvalue weighted by Crippen LogP contribution is 2.17. The molecule has 0 aliphatic heterocycles. The normalized spacial score (nSPS) is 10.4. The van der Waals surface area contributed by atoms with Gasteiger partial charge in [-0.1, -0.05) is 12.1 Å². The number of hydrogen-bond acceptors (Lipinski definition) is 4. The van der Waals surface area contributed by atoms with E-state index >= 15 is 0 Å². The predicted octanol–water partition coefficient (Wildman–Crippen LogP) is 1.28. The number of aliphatic carboxylic acids is 1. The number of carbonyl (C=O) groups is 2. The highest BCUT2D eigenvalue weighted by Gasteiger charge is 2.14. The third kappa shape index (κ3) is 4.18. The van der Waals surface area contributed by atoms with Gasteiger partial charge >= 0.3 is 5.97 Å². The van der Waals surface area contributed by atoms with Crippen molar-refractivity contribution in [3.63, 3.8) is 0 Å². The monoisotopic (exact) mass is 251 g/mol. The maximum absolute atomic E-state index is 12.0. The summed E-state index contributed by atoms with van der Waals surface area (Å²) in [5.74, 6) is -0.416. The summed E-state index contributed by atoms with van der Waals surface area (Å²) in [5.41, 5.74) is 0.516. The molecule has 1 N–H and O–H groups in total. The highest BCUT2D eigenvalue weighted by atomic mass is 16.5. The number of carboxylic acids is 1. The van der Waals surface area contributed by atoms with E-state index in [0.717, 1.165) is 0 Å². The van der Waals surface area contributed by atoms with Crippen LogP contribution in [-0.2, 0) is 4.79 Å². The van der Waals surface area contributed by atoms with Crippen molar-refractivity contribution < 1.29 is 19.4 Å². The van der Waals surface area contributed by atoms with E-state index in [2.05, 4.69) is 0 Å². The van der Waals surface area contributed by atoms with Crippen LogP contribution in [0.1, 0.15) is 16.8 Å². The quantitative estimate of drug-likeness (QED) is 0.739. The standard InChI is InChI=1S/C13H17NO4/c1-14(8-7-13(16)17)9-11(15)10-5-3-4-6-12(10)18-2/h3-6H,7-9H2,1-2H3,(H,16,17). The smallest absolute Gasteiger partial charge is 0.304 e. The number of rotatable bonds is 7. The van der Waals surface area contributed by atoms with Gasteiger partial charge in [-0.25, -0.2) is 0 Å². The molecule has 0 radical (unpaired) electrons. The van der Waals surface area contributed by atoms with Crippen LogP contribution in [0.15, 0.2) is 24.3 Å². The molecule has 0 aliphatic carbocycles. The van der Waals surface area contributed by atoms with E-state index in [1.807, 2.05) is 0 Å². The second-order valence-corrected chi connectivity index (χ2v) is 4.00. The molecule has 0 heterocycles. The number of carbonyl (C=O) groups excluding carboxylic acids is 1. The zero-order valence-electron chi connectivity index (χ0n) is 10.5. The number of nitrogens with zero attached hydrogens (tertiary/aromatic N) is 1. The Morgan fingerprint density at radius 3 is 2.61 bits per heavy atom. The van der Waals surface area contributed by atoms with Gasteiger partial charge in [0.15, 0.2) is 5.78 Å². The van der Waals surface area contributed by atoms with Crippen LogP contribution in [0.25, 0.3) is 0 Å². The third-order valence-corrected chi connectivity index (χ3v) is 2.53. The molecule has 0 aromatic heterocycles. The summed E-state index contributed by atoms with van der Waals surface area (Å²) in [6.45, 7) is 0.518. The number of likely N-dealkylation sites (N-methyl/N-ethyl adjacent to an activating group) is 1. The van der Waals surface area contributed by atoms with E-state index in [0.29, 0.717) is 17.9 Å². The Kier molecular flexibility index (Phi) is 5.32. The van der Waals surface area contributed by atoms with Crippen molar-refractivity contribution in [3.8, 4) is 5.75 Å². The molecule has 18 heavy (non-hydrogen) atoms. The molecular weight excluding hydrogens is 234 g/mol. The fourth-order valence-corrected chi connectivity index (χ4v) is 1.57. The topological polar surface area (TPSA) is 66.8 Å². The Bertz CT molecular complexity index is 431. The Morgan fingerprint density at radius 1 is 1.33 bits per heavy atom. The maximum atomic E-state index is 12.0. The highest BCUT2D eigenvalue weighted by molar-refractivity contribution is 6.00. The number of carboxylic acid groups (broad SMARTS) is 1. The lowest BCUT2D eigenvalue weighted by Crippen LogP contribution is -2.28. The van der Waals surface area contributed by atoms with Crippen molar-refractivity contribution in [1.82, 2.24) is 4.90 Å². The maximum Gasteiger partial charge on any atom is 0.304 e. The van der Waals surface area contributed by atoms with Crippen LogP contribution in [-0.4, -0.2) is 49.0 Å². The molecule has 5 nitrogen and oxygen atoms in total. The van der Waals surface area contributed by atoms with Crippen LogP contribution < -0.4 is 4.74 Å². The van der Waals surface area contributed by atoms with E-state index in [-0.39, 0.29) is 18.7 Å². The van der Waals surface area contributed by atoms with Gasteiger partial charge in [-0.15, -0.1) is 0 Å². The van der Waals surface area contributed by atoms with Gasteiger partial charge in [0.1, 0.15) is 5.75 Å². The fraction of sp³-hybridized carbons (Fsp3) is 0.385. The second kappa shape index (κ2) is 6.76. The molecule has 0 fully saturated rings. The number of Topliss-reactive ketones (excluding diaryl/α,β-unsaturated/α-hetero) is 1. The number of ether oxygens (including phenoxy) is 1. The van der Waals surface area contributed by atoms with Crippen molar-refractivity contribution >= 4 is 11.8 Å². The third-order valence-electron chi connectivity index (χ3n) is 2.53. The molecule has 0 atom stereocenters. The van der Waals surface area contributed by atoms with Gasteiger partial charge in [0.05, 0.1) is 25.6 Å². The van der Waals surface area contributed by atoms with E-state index in [4.69, 9.17) is 9.84 Å². The molecule has 0 aliphatic rings. The molecule has 5 heteroatoms. The van der Waals surface area contributed by atoms with E-state index in [1.54, 1.807) is 36.2 Å². The summed E-state index contributed by atoms with van der Waals surface area (Å²) in [5, 5.41) is 8.56. The first-order valence-electron chi connectivity index (χ1n) is 5.61. The molecule has 98 valence electrons. The SMILES string of the molecule is COc1ccccc1C(=O)CN(C)CCC(=O)O. The van der Waals surface area contributed by atoms with Gasteiger partial charge in [0.2, 0.25) is 0 Å². The molecule has 0 spiro atoms. The minimum Gasteiger partial charge on any atom is -0.496 e. The van der Waals surface area contributed by atoms with Gasteiger partial charge in [0, 0.05) is 6.54 Å². The van der Waals surface area contributed by atoms with Gasteiger partial charge in [0.25, 0.3) is 0 Å². The molecule has 1 aromatic carbocycles. The van der Waals surface area contributed by atoms with Gasteiger partial charge < -0.3 is 9.84 Å². The van der Waals surface area contributed by atoms with Gasteiger partial charge in [-0.05, 0) is 19.2 Å². The summed E-state index contributed by atoms with van der Waals surface area (Å²) in [6, 6.07) is 6.99. The van der Waals surface area contributed by atoms with Crippen LogP contribution in [0, 0.1) is 0 Å². The van der Waals surface area contributed by atoms with Crippen LogP contribution in [0.3, 0.4) is 0 Å². The van der Waals surface area contributed by atoms with Crippen molar-refractivity contribution in [1.29, 1.82) is 0 Å². The zero-order valence-corrected chi connectivity index (χ0v) is 10.5. The summed E-state index contributed by atoms with van der Waals surface area (Å²) in [7, 11) is 3.23. The van der Waals surface area contributed by atoms with Crippen molar-refractivity contribution in [3.05, 3.63) is 29.8 Å². The van der Waals surface area contributed by atoms with Crippen LogP contribution >= 0.6 is 0 Å². The lowest BCUT2D eigenvalue weighted by Gasteiger charge is -2.15. The average Bonchev–Trinajstić information content (AvgIpc) is 2.36. The van der Waals surface area contributed by atoms with Crippen LogP contribution in [0.5, 0.6) is 5.75 Å². The largest absolute Gasteiger partial charge is 0.496 e. The lowest BCUT2D eigenvalue weighted by atomic mass is 10.1. The molecule has 0 saturated heterocycles. The summed E-state index contributed by atoms with van der Waals surface area (Å²) in [6.07, 6.45) is 0.0235. The van der Waals surface area contributed by atoms with Gasteiger partial charge in [-0.3, -0.25) is 14.5 Å². The average molecular weight is 251 g/mol. The van der Waals surface area contributed by atoms with E-state index < -0.39 is 5.97 Å². The fourth-order valence-electron chi connectivity index (χ4n) is 1.57. The van der Waals surface area contributed by atoms with Gasteiger partial charge in [-0.2, -0.15) is 0 Å². The van der Waals surface area contributed by atoms with E-state index in [1.165, 1.54) is 7.11 Å². The Hall–Kier alpha value is -1.88. The lowest BCUT2D eigenvalue weighted by molar-refractivity contribution is -0.137.